The summed E-state index contributed by atoms with van der Waals surface area (Å²) in [4.78, 5) is 0. The fraction of sp³-hybridized carbons (Fsp3) is 0.538. The Hall–Kier alpha value is -1.31. The molecule has 2 aliphatic rings. The van der Waals surface area contributed by atoms with E-state index in [0.29, 0.717) is 12.4 Å². The number of aliphatic hydroxyl groups excluding tert-OH is 1. The smallest absolute Gasteiger partial charge is 0.156 e. The molecule has 0 radical (unpaired) electrons. The molecule has 6 nitrogen and oxygen atoms in total. The number of nitrogens with one attached hydrogen (secondary N) is 1. The third-order valence-electron chi connectivity index (χ3n) is 3.67. The second kappa shape index (κ2) is 4.91. The number of sulfone groups is 1. The number of aliphatic hydroxyl groups is 1. The highest BCUT2D eigenvalue weighted by molar-refractivity contribution is 7.91. The van der Waals surface area contributed by atoms with Gasteiger partial charge in [-0.2, -0.15) is 0 Å². The third kappa shape index (κ3) is 2.48. The Bertz CT molecular complexity index is 615. The normalized spacial score (nSPS) is 30.8. The van der Waals surface area contributed by atoms with Crippen molar-refractivity contribution in [2.24, 2.45) is 0 Å². The maximum Gasteiger partial charge on any atom is 0.156 e. The Morgan fingerprint density at radius 2 is 2.20 bits per heavy atom. The van der Waals surface area contributed by atoms with Crippen molar-refractivity contribution < 1.29 is 23.0 Å². The van der Waals surface area contributed by atoms with Crippen LogP contribution in [0.15, 0.2) is 18.2 Å². The number of rotatable bonds is 3. The van der Waals surface area contributed by atoms with Crippen LogP contribution in [0.4, 0.5) is 0 Å². The van der Waals surface area contributed by atoms with Gasteiger partial charge in [0.1, 0.15) is 30.3 Å². The highest BCUT2D eigenvalue weighted by Gasteiger charge is 2.38. The minimum Gasteiger partial charge on any atom is -0.491 e. The van der Waals surface area contributed by atoms with Crippen molar-refractivity contribution in [2.75, 3.05) is 25.2 Å². The summed E-state index contributed by atoms with van der Waals surface area (Å²) in [6, 6.07) is 5.57. The first kappa shape index (κ1) is 13.7. The maximum absolute atomic E-state index is 11.4. The van der Waals surface area contributed by atoms with Crippen molar-refractivity contribution in [3.8, 4) is 11.5 Å². The van der Waals surface area contributed by atoms with Crippen molar-refractivity contribution in [3.05, 3.63) is 23.8 Å². The predicted molar refractivity (Wildman–Crippen MR) is 72.8 cm³/mol. The summed E-state index contributed by atoms with van der Waals surface area (Å²) >= 11 is 0. The zero-order valence-corrected chi connectivity index (χ0v) is 11.9. The molecule has 7 heteroatoms. The van der Waals surface area contributed by atoms with Crippen LogP contribution in [0, 0.1) is 0 Å². The molecule has 0 amide bonds. The molecule has 3 atom stereocenters. The van der Waals surface area contributed by atoms with E-state index in [-0.39, 0.29) is 17.5 Å². The Morgan fingerprint density at radius 3 is 2.85 bits per heavy atom. The summed E-state index contributed by atoms with van der Waals surface area (Å²) in [6.45, 7) is 0.565. The molecule has 0 saturated carbocycles. The first-order valence-corrected chi connectivity index (χ1v) is 8.30. The fourth-order valence-corrected chi connectivity index (χ4v) is 4.25. The van der Waals surface area contributed by atoms with Gasteiger partial charge in [0.25, 0.3) is 0 Å². The van der Waals surface area contributed by atoms with Gasteiger partial charge < -0.3 is 19.9 Å². The van der Waals surface area contributed by atoms with E-state index >= 15 is 0 Å². The molecule has 0 aliphatic carbocycles. The van der Waals surface area contributed by atoms with Crippen molar-refractivity contribution in [3.63, 3.8) is 0 Å². The topological polar surface area (TPSA) is 84.9 Å². The van der Waals surface area contributed by atoms with Gasteiger partial charge in [-0.05, 0) is 19.2 Å². The molecule has 1 saturated heterocycles. The Balaban J connectivity index is 1.77. The van der Waals surface area contributed by atoms with E-state index in [2.05, 4.69) is 5.32 Å². The quantitative estimate of drug-likeness (QED) is 0.809. The Labute approximate surface area is 117 Å². The number of hydrogen-bond acceptors (Lipinski definition) is 6. The third-order valence-corrected chi connectivity index (χ3v) is 5.36. The molecule has 1 aromatic carbocycles. The van der Waals surface area contributed by atoms with Crippen LogP contribution in [0.1, 0.15) is 11.6 Å². The molecule has 0 aromatic heterocycles. The van der Waals surface area contributed by atoms with Gasteiger partial charge in [0, 0.05) is 11.6 Å². The van der Waals surface area contributed by atoms with E-state index in [4.69, 9.17) is 9.47 Å². The number of ether oxygens (including phenoxy) is 2. The van der Waals surface area contributed by atoms with Crippen molar-refractivity contribution in [1.82, 2.24) is 5.32 Å². The summed E-state index contributed by atoms with van der Waals surface area (Å²) in [7, 11) is -1.34. The van der Waals surface area contributed by atoms with Crippen LogP contribution in [-0.4, -0.2) is 50.9 Å². The number of likely N-dealkylation sites (N-methyl/N-ethyl adjacent to an activating group) is 1. The molecule has 110 valence electrons. The highest BCUT2D eigenvalue weighted by Crippen LogP contribution is 2.35. The molecule has 2 aliphatic heterocycles. The summed E-state index contributed by atoms with van der Waals surface area (Å²) in [5.41, 5.74) is 1.06. The van der Waals surface area contributed by atoms with E-state index in [9.17, 15) is 13.5 Å². The van der Waals surface area contributed by atoms with Crippen LogP contribution in [-0.2, 0) is 9.84 Å². The van der Waals surface area contributed by atoms with Gasteiger partial charge in [-0.15, -0.1) is 0 Å². The van der Waals surface area contributed by atoms with Crippen LogP contribution in [0.3, 0.4) is 0 Å². The van der Waals surface area contributed by atoms with Crippen LogP contribution in [0.25, 0.3) is 0 Å². The first-order chi connectivity index (χ1) is 9.48. The molecule has 3 unspecified atom stereocenters. The first-order valence-electron chi connectivity index (χ1n) is 6.47. The van der Waals surface area contributed by atoms with E-state index in [1.54, 1.807) is 12.1 Å². The summed E-state index contributed by atoms with van der Waals surface area (Å²) in [6.07, 6.45) is -1.68. The molecule has 0 spiro atoms. The van der Waals surface area contributed by atoms with Crippen LogP contribution in [0.2, 0.25) is 0 Å². The van der Waals surface area contributed by atoms with Gasteiger partial charge in [-0.25, -0.2) is 8.42 Å². The molecule has 3 rings (SSSR count). The van der Waals surface area contributed by atoms with Crippen molar-refractivity contribution in [1.29, 1.82) is 0 Å². The second-order valence-electron chi connectivity index (χ2n) is 5.15. The number of fused-ring (bicyclic) bond motifs is 1. The average molecular weight is 299 g/mol. The molecule has 0 bridgehead atoms. The van der Waals surface area contributed by atoms with Gasteiger partial charge >= 0.3 is 0 Å². The molecule has 20 heavy (non-hydrogen) atoms. The van der Waals surface area contributed by atoms with Gasteiger partial charge in [-0.3, -0.25) is 0 Å². The zero-order chi connectivity index (χ0) is 14.3. The monoisotopic (exact) mass is 299 g/mol. The summed E-state index contributed by atoms with van der Waals surface area (Å²) < 4.78 is 34.0. The molecule has 2 N–H and O–H groups in total. The largest absolute Gasteiger partial charge is 0.491 e. The highest BCUT2D eigenvalue weighted by atomic mass is 32.2. The number of benzene rings is 1. The van der Waals surface area contributed by atoms with E-state index < -0.39 is 22.0 Å². The SMILES string of the molecule is CNC1COc2cc(OC3CS(=O)(=O)CC3O)ccc21. The average Bonchev–Trinajstić information content (AvgIpc) is 2.89. The second-order valence-corrected chi connectivity index (χ2v) is 7.31. The van der Waals surface area contributed by atoms with Crippen molar-refractivity contribution >= 4 is 9.84 Å². The lowest BCUT2D eigenvalue weighted by molar-refractivity contribution is 0.0736. The van der Waals surface area contributed by atoms with E-state index in [0.717, 1.165) is 11.3 Å². The van der Waals surface area contributed by atoms with Crippen LogP contribution >= 0.6 is 0 Å². The predicted octanol–water partition coefficient (Wildman–Crippen LogP) is -0.124. The minimum absolute atomic E-state index is 0.148. The van der Waals surface area contributed by atoms with Crippen LogP contribution in [0.5, 0.6) is 11.5 Å². The van der Waals surface area contributed by atoms with E-state index in [1.165, 1.54) is 0 Å². The lowest BCUT2D eigenvalue weighted by atomic mass is 10.1. The molecule has 2 heterocycles. The summed E-state index contributed by atoms with van der Waals surface area (Å²) in [5.74, 6) is 0.866. The minimum atomic E-state index is -3.21. The number of hydrogen-bond donors (Lipinski definition) is 2. The lowest BCUT2D eigenvalue weighted by Gasteiger charge is -2.16. The molecular formula is C13H17NO5S. The van der Waals surface area contributed by atoms with Gasteiger partial charge in [-0.1, -0.05) is 0 Å². The van der Waals surface area contributed by atoms with Crippen LogP contribution < -0.4 is 14.8 Å². The fourth-order valence-electron chi connectivity index (χ4n) is 2.59. The molecule has 1 aromatic rings. The van der Waals surface area contributed by atoms with Gasteiger partial charge in [0.05, 0.1) is 17.5 Å². The lowest BCUT2D eigenvalue weighted by Crippen LogP contribution is -2.29. The maximum atomic E-state index is 11.4. The van der Waals surface area contributed by atoms with Crippen molar-refractivity contribution in [2.45, 2.75) is 18.2 Å². The summed E-state index contributed by atoms with van der Waals surface area (Å²) in [5, 5.41) is 12.9. The van der Waals surface area contributed by atoms with E-state index in [1.807, 2.05) is 13.1 Å². The van der Waals surface area contributed by atoms with Gasteiger partial charge in [0.2, 0.25) is 0 Å². The Kier molecular flexibility index (Phi) is 3.35. The molecular weight excluding hydrogens is 282 g/mol. The zero-order valence-electron chi connectivity index (χ0n) is 11.1. The standard InChI is InChI=1S/C13H17NO5S/c1-14-10-5-18-12-4-8(2-3-9(10)12)19-13-7-20(16,17)6-11(13)15/h2-4,10-11,13-15H,5-7H2,1H3. The molecule has 1 fully saturated rings. The van der Waals surface area contributed by atoms with Gasteiger partial charge in [0.15, 0.2) is 9.84 Å². The Morgan fingerprint density at radius 1 is 1.40 bits per heavy atom.